The summed E-state index contributed by atoms with van der Waals surface area (Å²) in [5.74, 6) is 0. The molecule has 0 radical (unpaired) electrons. The van der Waals surface area contributed by atoms with E-state index in [1.165, 1.54) is 0 Å². The quantitative estimate of drug-likeness (QED) is 0.568. The predicted octanol–water partition coefficient (Wildman–Crippen LogP) is 2.63. The van der Waals surface area contributed by atoms with E-state index in [-0.39, 0.29) is 0 Å². The number of hydrogen-bond donors (Lipinski definition) is 0. The number of aromatic nitrogens is 6. The van der Waals surface area contributed by atoms with E-state index >= 15 is 0 Å². The fraction of sp³-hybridized carbons (Fsp3) is 0.111. The van der Waals surface area contributed by atoms with E-state index in [4.69, 9.17) is 0 Å². The van der Waals surface area contributed by atoms with Gasteiger partial charge < -0.3 is 0 Å². The Labute approximate surface area is 139 Å². The van der Waals surface area contributed by atoms with Crippen LogP contribution in [0.15, 0.2) is 73.6 Å². The first-order chi connectivity index (χ1) is 11.9. The fourth-order valence-electron chi connectivity index (χ4n) is 2.53. The van der Waals surface area contributed by atoms with Crippen molar-refractivity contribution in [3.63, 3.8) is 0 Å². The first-order valence-corrected chi connectivity index (χ1v) is 7.78. The van der Waals surface area contributed by atoms with Crippen LogP contribution in [0.3, 0.4) is 0 Å². The van der Waals surface area contributed by atoms with Crippen LogP contribution < -0.4 is 0 Å². The van der Waals surface area contributed by atoms with Crippen molar-refractivity contribution in [2.24, 2.45) is 0 Å². The van der Waals surface area contributed by atoms with E-state index < -0.39 is 0 Å². The van der Waals surface area contributed by atoms with Crippen molar-refractivity contribution in [3.8, 4) is 11.4 Å². The minimum Gasteiger partial charge on any atom is -0.265 e. The summed E-state index contributed by atoms with van der Waals surface area (Å²) >= 11 is 0. The highest BCUT2D eigenvalue weighted by Gasteiger charge is 2.05. The average Bonchev–Trinajstić information content (AvgIpc) is 3.31. The highest BCUT2D eigenvalue weighted by molar-refractivity contribution is 5.29. The largest absolute Gasteiger partial charge is 0.265 e. The minimum atomic E-state index is 0.853. The molecule has 0 unspecified atom stereocenters. The van der Waals surface area contributed by atoms with E-state index in [1.807, 2.05) is 58.2 Å². The van der Waals surface area contributed by atoms with Gasteiger partial charge in [-0.3, -0.25) is 9.97 Å². The van der Waals surface area contributed by atoms with Crippen molar-refractivity contribution in [1.29, 1.82) is 0 Å². The van der Waals surface area contributed by atoms with Crippen molar-refractivity contribution < 1.29 is 0 Å². The Kier molecular flexibility index (Phi) is 3.85. The summed E-state index contributed by atoms with van der Waals surface area (Å²) in [5.41, 5.74) is 4.12. The van der Waals surface area contributed by atoms with Crippen molar-refractivity contribution >= 4 is 0 Å². The summed E-state index contributed by atoms with van der Waals surface area (Å²) in [7, 11) is 0. The lowest BCUT2D eigenvalue weighted by Crippen LogP contribution is -1.99. The van der Waals surface area contributed by atoms with Gasteiger partial charge in [0.2, 0.25) is 0 Å². The van der Waals surface area contributed by atoms with Crippen LogP contribution in [0.5, 0.6) is 0 Å². The molecule has 0 saturated carbocycles. The molecule has 0 aliphatic heterocycles. The predicted molar refractivity (Wildman–Crippen MR) is 90.1 cm³/mol. The van der Waals surface area contributed by atoms with Gasteiger partial charge in [0.05, 0.1) is 22.8 Å². The van der Waals surface area contributed by atoms with Gasteiger partial charge in [0.25, 0.3) is 0 Å². The number of rotatable bonds is 5. The standard InChI is InChI=1S/C18H16N6/c1(15-7-13-23(21-15)17-3-9-19-10-4-17)2-16-8-14-24(22-16)18-5-11-20-12-6-18/h3-14H,1-2H2. The number of nitrogens with zero attached hydrogens (tertiary/aromatic N) is 6. The molecule has 0 N–H and O–H groups in total. The summed E-state index contributed by atoms with van der Waals surface area (Å²) in [5, 5.41) is 9.21. The third kappa shape index (κ3) is 3.08. The maximum Gasteiger partial charge on any atom is 0.0676 e. The lowest BCUT2D eigenvalue weighted by Gasteiger charge is -2.00. The molecule has 4 heterocycles. The summed E-state index contributed by atoms with van der Waals surface area (Å²) in [6, 6.07) is 11.8. The normalized spacial score (nSPS) is 10.8. The molecule has 0 fully saturated rings. The van der Waals surface area contributed by atoms with Crippen molar-refractivity contribution in [1.82, 2.24) is 29.5 Å². The monoisotopic (exact) mass is 316 g/mol. The van der Waals surface area contributed by atoms with Crippen LogP contribution in [-0.4, -0.2) is 29.5 Å². The van der Waals surface area contributed by atoms with E-state index in [2.05, 4.69) is 20.2 Å². The molecule has 0 aliphatic rings. The maximum absolute atomic E-state index is 4.61. The zero-order valence-electron chi connectivity index (χ0n) is 13.0. The molecule has 0 atom stereocenters. The Morgan fingerprint density at radius 1 is 0.583 bits per heavy atom. The zero-order valence-corrected chi connectivity index (χ0v) is 13.0. The Morgan fingerprint density at radius 2 is 1.00 bits per heavy atom. The molecule has 118 valence electrons. The lowest BCUT2D eigenvalue weighted by molar-refractivity contribution is 0.784. The van der Waals surface area contributed by atoms with Crippen molar-refractivity contribution in [2.75, 3.05) is 0 Å². The number of hydrogen-bond acceptors (Lipinski definition) is 4. The highest BCUT2D eigenvalue weighted by Crippen LogP contribution is 2.10. The van der Waals surface area contributed by atoms with E-state index in [9.17, 15) is 0 Å². The second-order valence-electron chi connectivity index (χ2n) is 5.41. The van der Waals surface area contributed by atoms with Crippen molar-refractivity contribution in [3.05, 3.63) is 85.0 Å². The van der Waals surface area contributed by atoms with Crippen LogP contribution in [-0.2, 0) is 12.8 Å². The lowest BCUT2D eigenvalue weighted by atomic mass is 10.2. The Morgan fingerprint density at radius 3 is 1.42 bits per heavy atom. The first kappa shape index (κ1) is 14.3. The summed E-state index contributed by atoms with van der Waals surface area (Å²) in [6.07, 6.45) is 12.7. The molecule has 24 heavy (non-hydrogen) atoms. The third-order valence-electron chi connectivity index (χ3n) is 3.78. The van der Waals surface area contributed by atoms with Crippen LogP contribution in [0.25, 0.3) is 11.4 Å². The summed E-state index contributed by atoms with van der Waals surface area (Å²) in [6.45, 7) is 0. The van der Waals surface area contributed by atoms with Gasteiger partial charge in [-0.2, -0.15) is 10.2 Å². The molecule has 0 bridgehead atoms. The maximum atomic E-state index is 4.61. The molecule has 0 amide bonds. The molecule has 6 nitrogen and oxygen atoms in total. The molecular weight excluding hydrogens is 300 g/mol. The average molecular weight is 316 g/mol. The van der Waals surface area contributed by atoms with Gasteiger partial charge in [0.15, 0.2) is 0 Å². The molecule has 0 spiro atoms. The van der Waals surface area contributed by atoms with Crippen LogP contribution in [0, 0.1) is 0 Å². The zero-order chi connectivity index (χ0) is 16.2. The van der Waals surface area contributed by atoms with Gasteiger partial charge in [0.1, 0.15) is 0 Å². The Balaban J connectivity index is 1.43. The van der Waals surface area contributed by atoms with Crippen LogP contribution >= 0.6 is 0 Å². The van der Waals surface area contributed by atoms with Crippen molar-refractivity contribution in [2.45, 2.75) is 12.8 Å². The SMILES string of the molecule is c1cc(-n2ccc(CCc3ccn(-c4ccncc4)n3)n2)ccn1. The van der Waals surface area contributed by atoms with E-state index in [0.29, 0.717) is 0 Å². The molecule has 4 aromatic rings. The molecule has 0 aromatic carbocycles. The molecule has 0 saturated heterocycles. The van der Waals surface area contributed by atoms with E-state index in [0.717, 1.165) is 35.6 Å². The second kappa shape index (κ2) is 6.45. The third-order valence-corrected chi connectivity index (χ3v) is 3.78. The van der Waals surface area contributed by atoms with Gasteiger partial charge in [-0.05, 0) is 49.2 Å². The molecule has 0 aliphatic carbocycles. The van der Waals surface area contributed by atoms with E-state index in [1.54, 1.807) is 24.8 Å². The number of aryl methyl sites for hydroxylation is 2. The van der Waals surface area contributed by atoms with Gasteiger partial charge in [-0.25, -0.2) is 9.36 Å². The summed E-state index contributed by atoms with van der Waals surface area (Å²) in [4.78, 5) is 8.05. The topological polar surface area (TPSA) is 61.4 Å². The van der Waals surface area contributed by atoms with Crippen LogP contribution in [0.2, 0.25) is 0 Å². The molecular formula is C18H16N6. The molecule has 6 heteroatoms. The Hall–Kier alpha value is -3.28. The fourth-order valence-corrected chi connectivity index (χ4v) is 2.53. The molecule has 4 aromatic heterocycles. The second-order valence-corrected chi connectivity index (χ2v) is 5.41. The molecule has 4 rings (SSSR count). The summed E-state index contributed by atoms with van der Waals surface area (Å²) < 4.78 is 3.74. The van der Waals surface area contributed by atoms with Crippen LogP contribution in [0.4, 0.5) is 0 Å². The van der Waals surface area contributed by atoms with Crippen LogP contribution in [0.1, 0.15) is 11.4 Å². The number of pyridine rings is 2. The van der Waals surface area contributed by atoms with Gasteiger partial charge in [-0.1, -0.05) is 0 Å². The smallest absolute Gasteiger partial charge is 0.0676 e. The highest BCUT2D eigenvalue weighted by atomic mass is 15.3. The first-order valence-electron chi connectivity index (χ1n) is 7.78. The van der Waals surface area contributed by atoms with Gasteiger partial charge >= 0.3 is 0 Å². The Bertz CT molecular complexity index is 833. The minimum absolute atomic E-state index is 0.853. The van der Waals surface area contributed by atoms with Gasteiger partial charge in [-0.15, -0.1) is 0 Å². The van der Waals surface area contributed by atoms with Gasteiger partial charge in [0, 0.05) is 37.2 Å².